The van der Waals surface area contributed by atoms with E-state index in [0.29, 0.717) is 49.4 Å². The molecule has 1 saturated heterocycles. The van der Waals surface area contributed by atoms with Gasteiger partial charge in [-0.1, -0.05) is 18.2 Å². The Morgan fingerprint density at radius 3 is 2.72 bits per heavy atom. The number of hydrogen-bond acceptors (Lipinski definition) is 4. The Bertz CT molecular complexity index is 727. The summed E-state index contributed by atoms with van der Waals surface area (Å²) in [5.41, 5.74) is 0.0837. The second-order valence-electron chi connectivity index (χ2n) is 6.46. The molecule has 1 amide bonds. The highest BCUT2D eigenvalue weighted by Crippen LogP contribution is 2.40. The SMILES string of the molecule is C/C=C/C=C/C(=O)N1CCC2(CC1)CC(=O)c1cc(OC)ccc1O2. The number of allylic oxidation sites excluding steroid dienone is 3. The Balaban J connectivity index is 1.69. The molecule has 0 saturated carbocycles. The summed E-state index contributed by atoms with van der Waals surface area (Å²) in [7, 11) is 1.58. The number of piperidine rings is 1. The van der Waals surface area contributed by atoms with Crippen molar-refractivity contribution >= 4 is 11.7 Å². The number of ether oxygens (including phenoxy) is 2. The van der Waals surface area contributed by atoms with Crippen molar-refractivity contribution in [3.05, 3.63) is 48.1 Å². The fraction of sp³-hybridized carbons (Fsp3) is 0.400. The Morgan fingerprint density at radius 1 is 1.28 bits per heavy atom. The third-order valence-corrected chi connectivity index (χ3v) is 4.83. The van der Waals surface area contributed by atoms with Crippen LogP contribution in [0.2, 0.25) is 0 Å². The van der Waals surface area contributed by atoms with Gasteiger partial charge in [0.15, 0.2) is 5.78 Å². The van der Waals surface area contributed by atoms with Crippen LogP contribution < -0.4 is 9.47 Å². The van der Waals surface area contributed by atoms with Crippen LogP contribution in [0.1, 0.15) is 36.5 Å². The van der Waals surface area contributed by atoms with Crippen LogP contribution in [-0.2, 0) is 4.79 Å². The van der Waals surface area contributed by atoms with Crippen LogP contribution in [0.25, 0.3) is 0 Å². The van der Waals surface area contributed by atoms with Gasteiger partial charge in [-0.3, -0.25) is 9.59 Å². The van der Waals surface area contributed by atoms with Crippen LogP contribution in [0.3, 0.4) is 0 Å². The molecule has 1 aromatic carbocycles. The van der Waals surface area contributed by atoms with Gasteiger partial charge in [-0.15, -0.1) is 0 Å². The molecule has 0 atom stereocenters. The third-order valence-electron chi connectivity index (χ3n) is 4.83. The maximum Gasteiger partial charge on any atom is 0.246 e. The lowest BCUT2D eigenvalue weighted by molar-refractivity contribution is -0.129. The molecule has 0 N–H and O–H groups in total. The normalized spacial score (nSPS) is 19.3. The van der Waals surface area contributed by atoms with Crippen LogP contribution >= 0.6 is 0 Å². The molecule has 0 aromatic heterocycles. The van der Waals surface area contributed by atoms with Crippen LogP contribution in [0.15, 0.2) is 42.5 Å². The van der Waals surface area contributed by atoms with E-state index in [0.717, 1.165) is 0 Å². The van der Waals surface area contributed by atoms with Gasteiger partial charge in [0, 0.05) is 32.0 Å². The van der Waals surface area contributed by atoms with Gasteiger partial charge in [0.2, 0.25) is 5.91 Å². The molecule has 0 unspecified atom stereocenters. The Morgan fingerprint density at radius 2 is 2.04 bits per heavy atom. The van der Waals surface area contributed by atoms with E-state index in [-0.39, 0.29) is 11.7 Å². The summed E-state index contributed by atoms with van der Waals surface area (Å²) in [4.78, 5) is 26.6. The summed E-state index contributed by atoms with van der Waals surface area (Å²) in [6, 6.07) is 5.33. The molecule has 1 aromatic rings. The summed E-state index contributed by atoms with van der Waals surface area (Å²) in [6.45, 7) is 3.10. The van der Waals surface area contributed by atoms with Crippen LogP contribution in [0, 0.1) is 0 Å². The fourth-order valence-corrected chi connectivity index (χ4v) is 3.37. The topological polar surface area (TPSA) is 55.8 Å². The first kappa shape index (κ1) is 17.3. The number of Topliss-reactive ketones (excluding diaryl/α,β-unsaturated/α-hetero) is 1. The zero-order valence-electron chi connectivity index (χ0n) is 14.7. The molecule has 1 fully saturated rings. The number of likely N-dealkylation sites (tertiary alicyclic amines) is 1. The number of ketones is 1. The summed E-state index contributed by atoms with van der Waals surface area (Å²) < 4.78 is 11.4. The average Bonchev–Trinajstić information content (AvgIpc) is 2.62. The number of rotatable bonds is 3. The van der Waals surface area contributed by atoms with E-state index in [1.54, 1.807) is 37.5 Å². The lowest BCUT2D eigenvalue weighted by Crippen LogP contribution is -2.52. The molecule has 5 nitrogen and oxygen atoms in total. The zero-order valence-corrected chi connectivity index (χ0v) is 14.7. The number of carbonyl (C=O) groups excluding carboxylic acids is 2. The molecule has 3 rings (SSSR count). The minimum absolute atomic E-state index is 0.000206. The quantitative estimate of drug-likeness (QED) is 0.626. The number of methoxy groups -OCH3 is 1. The van der Waals surface area contributed by atoms with Crippen molar-refractivity contribution in [1.82, 2.24) is 4.90 Å². The number of amides is 1. The Hall–Kier alpha value is -2.56. The lowest BCUT2D eigenvalue weighted by atomic mass is 9.82. The average molecular weight is 341 g/mol. The molecular formula is C20H23NO4. The molecule has 5 heteroatoms. The fourth-order valence-electron chi connectivity index (χ4n) is 3.37. The number of carbonyl (C=O) groups is 2. The number of nitrogens with zero attached hydrogens (tertiary/aromatic N) is 1. The molecular weight excluding hydrogens is 318 g/mol. The van der Waals surface area contributed by atoms with Gasteiger partial charge in [0.25, 0.3) is 0 Å². The number of benzene rings is 1. The monoisotopic (exact) mass is 341 g/mol. The van der Waals surface area contributed by atoms with Gasteiger partial charge in [-0.2, -0.15) is 0 Å². The first-order valence-corrected chi connectivity index (χ1v) is 8.55. The highest BCUT2D eigenvalue weighted by atomic mass is 16.5. The van der Waals surface area contributed by atoms with E-state index < -0.39 is 5.60 Å². The minimum atomic E-state index is -0.498. The second kappa shape index (κ2) is 7.13. The van der Waals surface area contributed by atoms with E-state index in [1.807, 2.05) is 24.0 Å². The van der Waals surface area contributed by atoms with Crippen molar-refractivity contribution in [2.45, 2.75) is 31.8 Å². The maximum atomic E-state index is 12.6. The number of fused-ring (bicyclic) bond motifs is 1. The first-order chi connectivity index (χ1) is 12.1. The van der Waals surface area contributed by atoms with Gasteiger partial charge in [0.1, 0.15) is 17.1 Å². The van der Waals surface area contributed by atoms with Gasteiger partial charge >= 0.3 is 0 Å². The van der Waals surface area contributed by atoms with Crippen molar-refractivity contribution in [3.63, 3.8) is 0 Å². The largest absolute Gasteiger partial charge is 0.497 e. The van der Waals surface area contributed by atoms with Gasteiger partial charge in [-0.05, 0) is 25.1 Å². The molecule has 2 aliphatic rings. The van der Waals surface area contributed by atoms with Gasteiger partial charge < -0.3 is 14.4 Å². The van der Waals surface area contributed by atoms with Crippen molar-refractivity contribution in [2.24, 2.45) is 0 Å². The van der Waals surface area contributed by atoms with Crippen molar-refractivity contribution in [1.29, 1.82) is 0 Å². The summed E-state index contributed by atoms with van der Waals surface area (Å²) in [5, 5.41) is 0. The van der Waals surface area contributed by atoms with E-state index >= 15 is 0 Å². The van der Waals surface area contributed by atoms with E-state index in [2.05, 4.69) is 0 Å². The zero-order chi connectivity index (χ0) is 17.9. The molecule has 1 spiro atoms. The molecule has 25 heavy (non-hydrogen) atoms. The summed E-state index contributed by atoms with van der Waals surface area (Å²) in [6.07, 6.45) is 8.70. The van der Waals surface area contributed by atoms with Gasteiger partial charge in [0.05, 0.1) is 19.1 Å². The molecule has 0 aliphatic carbocycles. The third kappa shape index (κ3) is 3.60. The van der Waals surface area contributed by atoms with Crippen LogP contribution in [0.5, 0.6) is 11.5 Å². The van der Waals surface area contributed by atoms with Crippen molar-refractivity contribution < 1.29 is 19.1 Å². The highest BCUT2D eigenvalue weighted by Gasteiger charge is 2.43. The lowest BCUT2D eigenvalue weighted by Gasteiger charge is -2.43. The van der Waals surface area contributed by atoms with Crippen molar-refractivity contribution in [3.8, 4) is 11.5 Å². The maximum absolute atomic E-state index is 12.6. The minimum Gasteiger partial charge on any atom is -0.497 e. The predicted molar refractivity (Wildman–Crippen MR) is 95.1 cm³/mol. The second-order valence-corrected chi connectivity index (χ2v) is 6.46. The molecule has 0 bridgehead atoms. The number of hydrogen-bond donors (Lipinski definition) is 0. The summed E-state index contributed by atoms with van der Waals surface area (Å²) in [5.74, 6) is 1.35. The standard InChI is InChI=1S/C20H23NO4/c1-3-4-5-6-19(23)21-11-9-20(10-12-21)14-17(22)16-13-15(24-2)7-8-18(16)25-20/h3-8,13H,9-12,14H2,1-2H3/b4-3+,6-5+. The van der Waals surface area contributed by atoms with Gasteiger partial charge in [-0.25, -0.2) is 0 Å². The van der Waals surface area contributed by atoms with E-state index in [9.17, 15) is 9.59 Å². The van der Waals surface area contributed by atoms with E-state index in [4.69, 9.17) is 9.47 Å². The molecule has 2 aliphatic heterocycles. The Kier molecular flexibility index (Phi) is 4.93. The molecule has 2 heterocycles. The molecule has 0 radical (unpaired) electrons. The van der Waals surface area contributed by atoms with Crippen molar-refractivity contribution in [2.75, 3.05) is 20.2 Å². The van der Waals surface area contributed by atoms with Crippen LogP contribution in [0.4, 0.5) is 0 Å². The highest BCUT2D eigenvalue weighted by molar-refractivity contribution is 6.00. The van der Waals surface area contributed by atoms with E-state index in [1.165, 1.54) is 0 Å². The summed E-state index contributed by atoms with van der Waals surface area (Å²) >= 11 is 0. The predicted octanol–water partition coefficient (Wildman–Crippen LogP) is 3.15. The Labute approximate surface area is 147 Å². The first-order valence-electron chi connectivity index (χ1n) is 8.55. The molecule has 132 valence electrons. The smallest absolute Gasteiger partial charge is 0.246 e. The van der Waals surface area contributed by atoms with Crippen LogP contribution in [-0.4, -0.2) is 42.4 Å².